The maximum atomic E-state index is 11.6. The molecule has 0 heterocycles. The van der Waals surface area contributed by atoms with Crippen LogP contribution < -0.4 is 0 Å². The summed E-state index contributed by atoms with van der Waals surface area (Å²) in [6, 6.07) is 0. The van der Waals surface area contributed by atoms with Crippen LogP contribution in [0.1, 0.15) is 77.6 Å². The number of carbonyl (C=O) groups is 2. The Bertz CT molecular complexity index is 336. The molecule has 1 atom stereocenters. The molecule has 1 rings (SSSR count). The highest BCUT2D eigenvalue weighted by Crippen LogP contribution is 2.18. The van der Waals surface area contributed by atoms with E-state index in [2.05, 4.69) is 16.7 Å². The van der Waals surface area contributed by atoms with Gasteiger partial charge in [0.2, 0.25) is 0 Å². The highest BCUT2D eigenvalue weighted by atomic mass is 17.2. The predicted octanol–water partition coefficient (Wildman–Crippen LogP) is 4.48. The Kier molecular flexibility index (Phi) is 9.58. The quantitative estimate of drug-likeness (QED) is 0.272. The molecule has 0 fully saturated rings. The summed E-state index contributed by atoms with van der Waals surface area (Å²) >= 11 is 0. The lowest BCUT2D eigenvalue weighted by Gasteiger charge is -2.13. The van der Waals surface area contributed by atoms with Crippen LogP contribution in [-0.4, -0.2) is 11.9 Å². The van der Waals surface area contributed by atoms with Crippen molar-refractivity contribution in [2.75, 3.05) is 0 Å². The maximum absolute atomic E-state index is 11.6. The third-order valence-electron chi connectivity index (χ3n) is 3.76. The smallest absolute Gasteiger partial charge is 0.247 e. The van der Waals surface area contributed by atoms with Crippen LogP contribution in [0.4, 0.5) is 0 Å². The number of hydrogen-bond acceptors (Lipinski definition) is 4. The molecule has 4 heteroatoms. The average molecular weight is 296 g/mol. The summed E-state index contributed by atoms with van der Waals surface area (Å²) in [6.45, 7) is 2.19. The monoisotopic (exact) mass is 296 g/mol. The van der Waals surface area contributed by atoms with E-state index in [1.165, 1.54) is 25.7 Å². The van der Waals surface area contributed by atoms with Gasteiger partial charge in [-0.3, -0.25) is 0 Å². The molecule has 0 bridgehead atoms. The van der Waals surface area contributed by atoms with Crippen molar-refractivity contribution < 1.29 is 19.4 Å². The topological polar surface area (TPSA) is 52.6 Å². The molecule has 0 saturated heterocycles. The van der Waals surface area contributed by atoms with Crippen molar-refractivity contribution in [3.8, 4) is 0 Å². The predicted molar refractivity (Wildman–Crippen MR) is 81.3 cm³/mol. The van der Waals surface area contributed by atoms with Gasteiger partial charge in [0.1, 0.15) is 0 Å². The lowest BCUT2D eigenvalue weighted by Crippen LogP contribution is -2.19. The van der Waals surface area contributed by atoms with Gasteiger partial charge in [-0.2, -0.15) is 0 Å². The van der Waals surface area contributed by atoms with Crippen LogP contribution in [0, 0.1) is 5.92 Å². The highest BCUT2D eigenvalue weighted by Gasteiger charge is 2.21. The van der Waals surface area contributed by atoms with Crippen molar-refractivity contribution in [2.45, 2.75) is 77.6 Å². The van der Waals surface area contributed by atoms with Crippen LogP contribution >= 0.6 is 0 Å². The SMILES string of the molecule is CCCCCCCCCC(=O)OOC(=O)C1C=CCCC1. The number of unbranched alkanes of at least 4 members (excludes halogenated alkanes) is 6. The number of carbonyl (C=O) groups excluding carboxylic acids is 2. The second kappa shape index (κ2) is 11.4. The standard InChI is InChI=1S/C17H28O4/c1-2-3-4-5-6-7-11-14-16(18)20-21-17(19)15-12-9-8-10-13-15/h9,12,15H,2-8,10-11,13-14H2,1H3. The first kappa shape index (κ1) is 17.7. The highest BCUT2D eigenvalue weighted by molar-refractivity contribution is 5.76. The van der Waals surface area contributed by atoms with E-state index in [1.807, 2.05) is 12.2 Å². The number of allylic oxidation sites excluding steroid dienone is 1. The Morgan fingerprint density at radius 2 is 1.76 bits per heavy atom. The molecule has 1 unspecified atom stereocenters. The summed E-state index contributed by atoms with van der Waals surface area (Å²) in [4.78, 5) is 32.3. The van der Waals surface area contributed by atoms with E-state index in [-0.39, 0.29) is 5.92 Å². The molecule has 4 nitrogen and oxygen atoms in total. The van der Waals surface area contributed by atoms with E-state index >= 15 is 0 Å². The van der Waals surface area contributed by atoms with Gasteiger partial charge >= 0.3 is 11.9 Å². The Balaban J connectivity index is 1.99. The first-order valence-corrected chi connectivity index (χ1v) is 8.32. The molecule has 0 aliphatic heterocycles. The molecule has 0 radical (unpaired) electrons. The summed E-state index contributed by atoms with van der Waals surface area (Å²) in [6.07, 6.45) is 14.9. The Hall–Kier alpha value is -1.32. The molecule has 0 aromatic rings. The molecule has 120 valence electrons. The van der Waals surface area contributed by atoms with Gasteiger partial charge in [-0.25, -0.2) is 19.4 Å². The lowest BCUT2D eigenvalue weighted by atomic mass is 9.96. The average Bonchev–Trinajstić information content (AvgIpc) is 2.52. The molecule has 1 aliphatic rings. The summed E-state index contributed by atoms with van der Waals surface area (Å²) in [5.74, 6) is -1.17. The van der Waals surface area contributed by atoms with Crippen molar-refractivity contribution >= 4 is 11.9 Å². The first-order valence-electron chi connectivity index (χ1n) is 8.32. The molecule has 0 saturated carbocycles. The van der Waals surface area contributed by atoms with Gasteiger partial charge in [0.25, 0.3) is 0 Å². The Labute approximate surface area is 127 Å². The van der Waals surface area contributed by atoms with Crippen LogP contribution in [0.5, 0.6) is 0 Å². The van der Waals surface area contributed by atoms with Crippen molar-refractivity contribution in [1.82, 2.24) is 0 Å². The minimum Gasteiger partial charge on any atom is -0.247 e. The second-order valence-electron chi connectivity index (χ2n) is 5.69. The van der Waals surface area contributed by atoms with E-state index < -0.39 is 11.9 Å². The molecule has 21 heavy (non-hydrogen) atoms. The van der Waals surface area contributed by atoms with Crippen molar-refractivity contribution in [1.29, 1.82) is 0 Å². The maximum Gasteiger partial charge on any atom is 0.362 e. The normalized spacial score (nSPS) is 17.5. The van der Waals surface area contributed by atoms with Gasteiger partial charge in [-0.15, -0.1) is 0 Å². The third-order valence-corrected chi connectivity index (χ3v) is 3.76. The van der Waals surface area contributed by atoms with Gasteiger partial charge in [-0.1, -0.05) is 57.6 Å². The van der Waals surface area contributed by atoms with Gasteiger partial charge in [0.05, 0.1) is 12.3 Å². The second-order valence-corrected chi connectivity index (χ2v) is 5.69. The molecule has 1 aliphatic carbocycles. The summed E-state index contributed by atoms with van der Waals surface area (Å²) in [7, 11) is 0. The Morgan fingerprint density at radius 1 is 1.05 bits per heavy atom. The fraction of sp³-hybridized carbons (Fsp3) is 0.765. The molecular formula is C17H28O4. The molecule has 0 N–H and O–H groups in total. The lowest BCUT2D eigenvalue weighted by molar-refractivity contribution is -0.261. The van der Waals surface area contributed by atoms with Gasteiger partial charge < -0.3 is 0 Å². The van der Waals surface area contributed by atoms with E-state index in [0.29, 0.717) is 6.42 Å². The molecule has 0 aromatic heterocycles. The first-order chi connectivity index (χ1) is 10.2. The van der Waals surface area contributed by atoms with E-state index in [9.17, 15) is 9.59 Å². The Morgan fingerprint density at radius 3 is 2.43 bits per heavy atom. The van der Waals surface area contributed by atoms with Crippen LogP contribution in [0.25, 0.3) is 0 Å². The fourth-order valence-electron chi connectivity index (χ4n) is 2.43. The minimum absolute atomic E-state index is 0.259. The fourth-order valence-corrected chi connectivity index (χ4v) is 2.43. The number of hydrogen-bond donors (Lipinski definition) is 0. The zero-order valence-electron chi connectivity index (χ0n) is 13.1. The van der Waals surface area contributed by atoms with E-state index in [1.54, 1.807) is 0 Å². The van der Waals surface area contributed by atoms with Crippen LogP contribution in [0.3, 0.4) is 0 Å². The van der Waals surface area contributed by atoms with Crippen molar-refractivity contribution in [2.24, 2.45) is 5.92 Å². The van der Waals surface area contributed by atoms with Crippen LogP contribution in [0.2, 0.25) is 0 Å². The van der Waals surface area contributed by atoms with E-state index in [0.717, 1.165) is 38.5 Å². The zero-order chi connectivity index (χ0) is 15.3. The summed E-state index contributed by atoms with van der Waals surface area (Å²) < 4.78 is 0. The minimum atomic E-state index is -0.459. The van der Waals surface area contributed by atoms with Crippen LogP contribution in [0.15, 0.2) is 12.2 Å². The van der Waals surface area contributed by atoms with Gasteiger partial charge in [0.15, 0.2) is 0 Å². The van der Waals surface area contributed by atoms with Gasteiger partial charge in [0, 0.05) is 0 Å². The summed E-state index contributed by atoms with van der Waals surface area (Å²) in [5.41, 5.74) is 0. The zero-order valence-corrected chi connectivity index (χ0v) is 13.1. The van der Waals surface area contributed by atoms with Crippen LogP contribution in [-0.2, 0) is 19.4 Å². The molecule has 0 aromatic carbocycles. The largest absolute Gasteiger partial charge is 0.362 e. The molecule has 0 amide bonds. The summed E-state index contributed by atoms with van der Waals surface area (Å²) in [5, 5.41) is 0. The molecular weight excluding hydrogens is 268 g/mol. The number of rotatable bonds is 9. The van der Waals surface area contributed by atoms with E-state index in [4.69, 9.17) is 0 Å². The van der Waals surface area contributed by atoms with Crippen molar-refractivity contribution in [3.05, 3.63) is 12.2 Å². The van der Waals surface area contributed by atoms with Gasteiger partial charge in [-0.05, 0) is 25.7 Å². The molecule has 0 spiro atoms. The van der Waals surface area contributed by atoms with Crippen molar-refractivity contribution in [3.63, 3.8) is 0 Å². The third kappa shape index (κ3) is 8.53.